The summed E-state index contributed by atoms with van der Waals surface area (Å²) >= 11 is 0. The number of nitrogens with one attached hydrogen (secondary N) is 1. The topological polar surface area (TPSA) is 78.9 Å². The van der Waals surface area contributed by atoms with Gasteiger partial charge in [-0.3, -0.25) is 4.79 Å². The molecule has 1 heterocycles. The molecule has 2 amide bonds. The second kappa shape index (κ2) is 9.68. The summed E-state index contributed by atoms with van der Waals surface area (Å²) in [6.45, 7) is 6.23. The highest BCUT2D eigenvalue weighted by atomic mass is 19.4. The van der Waals surface area contributed by atoms with Gasteiger partial charge in [-0.2, -0.15) is 13.2 Å². The number of carbonyl (C=O) groups excluding carboxylic acids is 2. The molecule has 1 saturated heterocycles. The number of ether oxygens (including phenoxy) is 1. The fraction of sp³-hybridized carbons (Fsp3) is 0.619. The number of amides is 2. The second-order valence-electron chi connectivity index (χ2n) is 8.56. The molecule has 0 aromatic heterocycles. The summed E-state index contributed by atoms with van der Waals surface area (Å²) in [6, 6.07) is 4.42. The monoisotopic (exact) mass is 430 g/mol. The van der Waals surface area contributed by atoms with E-state index in [0.717, 1.165) is 12.1 Å². The molecule has 0 aliphatic carbocycles. The van der Waals surface area contributed by atoms with Crippen molar-refractivity contribution in [1.82, 2.24) is 10.2 Å². The Hall–Kier alpha value is -2.29. The number of benzene rings is 1. The third-order valence-corrected chi connectivity index (χ3v) is 4.83. The molecule has 1 aliphatic heterocycles. The van der Waals surface area contributed by atoms with Crippen LogP contribution in [0.3, 0.4) is 0 Å². The van der Waals surface area contributed by atoms with Crippen molar-refractivity contribution in [3.8, 4) is 0 Å². The lowest BCUT2D eigenvalue weighted by atomic mass is 9.93. The van der Waals surface area contributed by atoms with Crippen LogP contribution in [0.4, 0.5) is 18.0 Å². The van der Waals surface area contributed by atoms with E-state index >= 15 is 0 Å². The Balaban J connectivity index is 1.76. The van der Waals surface area contributed by atoms with Crippen LogP contribution in [-0.4, -0.2) is 47.2 Å². The quantitative estimate of drug-likeness (QED) is 0.743. The second-order valence-corrected chi connectivity index (χ2v) is 8.56. The molecule has 1 aliphatic rings. The van der Waals surface area contributed by atoms with E-state index in [1.54, 1.807) is 25.7 Å². The van der Waals surface area contributed by atoms with Crippen molar-refractivity contribution in [3.63, 3.8) is 0 Å². The molecule has 1 unspecified atom stereocenters. The highest BCUT2D eigenvalue weighted by Crippen LogP contribution is 2.30. The van der Waals surface area contributed by atoms with Gasteiger partial charge >= 0.3 is 12.3 Å². The zero-order valence-corrected chi connectivity index (χ0v) is 17.5. The number of likely N-dealkylation sites (tertiary alicyclic amines) is 1. The predicted molar refractivity (Wildman–Crippen MR) is 105 cm³/mol. The highest BCUT2D eigenvalue weighted by Gasteiger charge is 2.31. The minimum atomic E-state index is -4.49. The van der Waals surface area contributed by atoms with Crippen LogP contribution in [0.5, 0.6) is 0 Å². The molecule has 1 atom stereocenters. The number of piperidine rings is 1. The molecule has 9 heteroatoms. The molecule has 0 spiro atoms. The molecular weight excluding hydrogens is 401 g/mol. The van der Waals surface area contributed by atoms with Gasteiger partial charge in [0.15, 0.2) is 0 Å². The number of aliphatic hydroxyl groups excluding tert-OH is 1. The summed E-state index contributed by atoms with van der Waals surface area (Å²) in [4.78, 5) is 25.9. The van der Waals surface area contributed by atoms with E-state index in [1.807, 2.05) is 0 Å². The van der Waals surface area contributed by atoms with E-state index in [0.29, 0.717) is 25.9 Å². The van der Waals surface area contributed by atoms with E-state index in [2.05, 4.69) is 5.32 Å². The number of nitrogens with zero attached hydrogens (tertiary/aromatic N) is 1. The smallest absolute Gasteiger partial charge is 0.416 e. The minimum Gasteiger partial charge on any atom is -0.444 e. The number of rotatable bonds is 5. The van der Waals surface area contributed by atoms with Crippen molar-refractivity contribution in [1.29, 1.82) is 0 Å². The Morgan fingerprint density at radius 3 is 2.43 bits per heavy atom. The maximum Gasteiger partial charge on any atom is 0.416 e. The first kappa shape index (κ1) is 24.0. The summed E-state index contributed by atoms with van der Waals surface area (Å²) in [6.07, 6.45) is -4.55. The standard InChI is InChI=1S/C21H29F3N2O4/c1-20(2,3)30-19(29)26-9-7-14(8-10-26)11-18(28)25-13-17(27)15-5-4-6-16(12-15)21(22,23)24/h4-6,12,14,17,27H,7-11,13H2,1-3H3,(H,25,28). The predicted octanol–water partition coefficient (Wildman–Crippen LogP) is 3.89. The van der Waals surface area contributed by atoms with Crippen molar-refractivity contribution in [3.05, 3.63) is 35.4 Å². The van der Waals surface area contributed by atoms with Gasteiger partial charge in [0.05, 0.1) is 11.7 Å². The summed E-state index contributed by atoms with van der Waals surface area (Å²) in [7, 11) is 0. The lowest BCUT2D eigenvalue weighted by Crippen LogP contribution is -2.42. The lowest BCUT2D eigenvalue weighted by Gasteiger charge is -2.33. The SMILES string of the molecule is CC(C)(C)OC(=O)N1CCC(CC(=O)NCC(O)c2cccc(C(F)(F)F)c2)CC1. The van der Waals surface area contributed by atoms with Gasteiger partial charge in [-0.25, -0.2) is 4.79 Å². The van der Waals surface area contributed by atoms with E-state index in [9.17, 15) is 27.9 Å². The first-order valence-electron chi connectivity index (χ1n) is 9.95. The van der Waals surface area contributed by atoms with Crippen LogP contribution < -0.4 is 5.32 Å². The fourth-order valence-corrected chi connectivity index (χ4v) is 3.23. The molecule has 30 heavy (non-hydrogen) atoms. The number of halogens is 3. The van der Waals surface area contributed by atoms with Crippen LogP contribution in [0.2, 0.25) is 0 Å². The summed E-state index contributed by atoms with van der Waals surface area (Å²) < 4.78 is 43.7. The molecule has 1 fully saturated rings. The van der Waals surface area contributed by atoms with E-state index in [-0.39, 0.29) is 36.4 Å². The van der Waals surface area contributed by atoms with Crippen molar-refractivity contribution in [2.24, 2.45) is 5.92 Å². The van der Waals surface area contributed by atoms with Crippen LogP contribution in [0.25, 0.3) is 0 Å². The van der Waals surface area contributed by atoms with Crippen molar-refractivity contribution >= 4 is 12.0 Å². The Kier molecular flexibility index (Phi) is 7.74. The van der Waals surface area contributed by atoms with Gasteiger partial charge in [-0.15, -0.1) is 0 Å². The van der Waals surface area contributed by atoms with Crippen LogP contribution in [-0.2, 0) is 15.7 Å². The largest absolute Gasteiger partial charge is 0.444 e. The van der Waals surface area contributed by atoms with E-state index < -0.39 is 23.4 Å². The van der Waals surface area contributed by atoms with Gasteiger partial charge in [0, 0.05) is 26.1 Å². The van der Waals surface area contributed by atoms with Crippen molar-refractivity contribution in [2.45, 2.75) is 57.9 Å². The first-order valence-corrected chi connectivity index (χ1v) is 9.95. The molecular formula is C21H29F3N2O4. The Bertz CT molecular complexity index is 739. The third kappa shape index (κ3) is 7.51. The molecule has 1 aromatic rings. The van der Waals surface area contributed by atoms with E-state index in [1.165, 1.54) is 12.1 Å². The van der Waals surface area contributed by atoms with Crippen LogP contribution in [0, 0.1) is 5.92 Å². The van der Waals surface area contributed by atoms with Crippen LogP contribution >= 0.6 is 0 Å². The molecule has 0 saturated carbocycles. The molecule has 2 N–H and O–H groups in total. The molecule has 168 valence electrons. The first-order chi connectivity index (χ1) is 13.8. The summed E-state index contributed by atoms with van der Waals surface area (Å²) in [5, 5.41) is 12.7. The van der Waals surface area contributed by atoms with Gasteiger partial charge in [0.2, 0.25) is 5.91 Å². The van der Waals surface area contributed by atoms with Crippen LogP contribution in [0.1, 0.15) is 57.3 Å². The maximum atomic E-state index is 12.8. The summed E-state index contributed by atoms with van der Waals surface area (Å²) in [5.74, 6) is -0.189. The molecule has 0 radical (unpaired) electrons. The summed E-state index contributed by atoms with van der Waals surface area (Å²) in [5.41, 5.74) is -1.31. The average molecular weight is 430 g/mol. The molecule has 0 bridgehead atoms. The average Bonchev–Trinajstić information content (AvgIpc) is 2.64. The minimum absolute atomic E-state index is 0.0920. The zero-order chi connectivity index (χ0) is 22.5. The zero-order valence-electron chi connectivity index (χ0n) is 17.5. The maximum absolute atomic E-state index is 12.8. The number of carbonyl (C=O) groups is 2. The van der Waals surface area contributed by atoms with Crippen molar-refractivity contribution < 1.29 is 32.6 Å². The normalized spacial score (nSPS) is 16.8. The number of hydrogen-bond acceptors (Lipinski definition) is 4. The van der Waals surface area contributed by atoms with Gasteiger partial charge in [-0.05, 0) is 57.2 Å². The number of alkyl halides is 3. The molecule has 2 rings (SSSR count). The van der Waals surface area contributed by atoms with Gasteiger partial charge in [0.25, 0.3) is 0 Å². The Morgan fingerprint density at radius 1 is 1.23 bits per heavy atom. The van der Waals surface area contributed by atoms with Crippen LogP contribution in [0.15, 0.2) is 24.3 Å². The lowest BCUT2D eigenvalue weighted by molar-refractivity contribution is -0.137. The van der Waals surface area contributed by atoms with Gasteiger partial charge in [-0.1, -0.05) is 12.1 Å². The highest BCUT2D eigenvalue weighted by molar-refractivity contribution is 5.76. The van der Waals surface area contributed by atoms with E-state index in [4.69, 9.17) is 4.74 Å². The fourth-order valence-electron chi connectivity index (χ4n) is 3.23. The number of hydrogen-bond donors (Lipinski definition) is 2. The number of aliphatic hydroxyl groups is 1. The molecule has 1 aromatic carbocycles. The van der Waals surface area contributed by atoms with Crippen molar-refractivity contribution in [2.75, 3.05) is 19.6 Å². The van der Waals surface area contributed by atoms with Gasteiger partial charge in [0.1, 0.15) is 5.60 Å². The Morgan fingerprint density at radius 2 is 1.87 bits per heavy atom. The van der Waals surface area contributed by atoms with Gasteiger partial charge < -0.3 is 20.1 Å². The third-order valence-electron chi connectivity index (χ3n) is 4.83. The molecule has 6 nitrogen and oxygen atoms in total. The Labute approximate surface area is 174 Å².